The maximum atomic E-state index is 11.9. The maximum absolute atomic E-state index is 11.9. The number of nitrogens with one attached hydrogen (secondary N) is 3. The molecular weight excluding hydrogens is 266 g/mol. The van der Waals surface area contributed by atoms with E-state index in [4.69, 9.17) is 0 Å². The van der Waals surface area contributed by atoms with Gasteiger partial charge in [0.05, 0.1) is 0 Å². The first-order valence-electron chi connectivity index (χ1n) is 5.53. The molecule has 0 aliphatic carbocycles. The van der Waals surface area contributed by atoms with Gasteiger partial charge in [-0.05, 0) is 13.8 Å². The second-order valence-corrected chi connectivity index (χ2v) is 4.85. The monoisotopic (exact) mass is 279 g/mol. The van der Waals surface area contributed by atoms with Crippen LogP contribution in [0.2, 0.25) is 0 Å². The van der Waals surface area contributed by atoms with Gasteiger partial charge >= 0.3 is 0 Å². The Hall–Kier alpha value is -2.22. The number of carbonyl (C=O) groups is 2. The topological polar surface area (TPSA) is 99.8 Å². The summed E-state index contributed by atoms with van der Waals surface area (Å²) in [4.78, 5) is 26.8. The van der Waals surface area contributed by atoms with Gasteiger partial charge in [0, 0.05) is 23.6 Å². The molecule has 0 aromatic carbocycles. The summed E-state index contributed by atoms with van der Waals surface area (Å²) in [5.41, 5.74) is 2.02. The van der Waals surface area contributed by atoms with Crippen molar-refractivity contribution in [2.75, 3.05) is 10.6 Å². The lowest BCUT2D eigenvalue weighted by atomic mass is 10.3. The largest absolute Gasteiger partial charge is 0.303 e. The molecule has 7 nitrogen and oxygen atoms in total. The van der Waals surface area contributed by atoms with Crippen LogP contribution < -0.4 is 10.6 Å². The van der Waals surface area contributed by atoms with Crippen LogP contribution in [0.25, 0.3) is 0 Å². The summed E-state index contributed by atoms with van der Waals surface area (Å²) >= 11 is 1.19. The van der Waals surface area contributed by atoms with E-state index in [-0.39, 0.29) is 17.5 Å². The van der Waals surface area contributed by atoms with Crippen LogP contribution in [0, 0.1) is 13.8 Å². The fourth-order valence-corrected chi connectivity index (χ4v) is 2.10. The van der Waals surface area contributed by atoms with Gasteiger partial charge in [-0.1, -0.05) is 0 Å². The third kappa shape index (κ3) is 2.97. The first-order chi connectivity index (χ1) is 8.97. The maximum Gasteiger partial charge on any atom is 0.276 e. The van der Waals surface area contributed by atoms with Crippen molar-refractivity contribution in [3.8, 4) is 0 Å². The Morgan fingerprint density at radius 2 is 2.05 bits per heavy atom. The number of amides is 2. The molecule has 2 heterocycles. The number of rotatable bonds is 3. The highest BCUT2D eigenvalue weighted by atomic mass is 32.1. The predicted octanol–water partition coefficient (Wildman–Crippen LogP) is 1.69. The Bertz CT molecular complexity index is 631. The van der Waals surface area contributed by atoms with Gasteiger partial charge in [0.25, 0.3) is 5.91 Å². The van der Waals surface area contributed by atoms with Crippen LogP contribution in [0.15, 0.2) is 5.38 Å². The van der Waals surface area contributed by atoms with Crippen molar-refractivity contribution in [1.29, 1.82) is 0 Å². The van der Waals surface area contributed by atoms with E-state index in [9.17, 15) is 9.59 Å². The molecule has 0 atom stereocenters. The van der Waals surface area contributed by atoms with Crippen LogP contribution in [0.1, 0.15) is 28.7 Å². The number of aromatic nitrogens is 3. The lowest BCUT2D eigenvalue weighted by Gasteiger charge is -2.00. The van der Waals surface area contributed by atoms with Gasteiger partial charge in [0.1, 0.15) is 5.69 Å². The molecule has 0 aliphatic heterocycles. The summed E-state index contributed by atoms with van der Waals surface area (Å²) in [6.45, 7) is 5.12. The average Bonchev–Trinajstić information content (AvgIpc) is 2.90. The van der Waals surface area contributed by atoms with E-state index in [0.29, 0.717) is 10.9 Å². The number of anilines is 2. The van der Waals surface area contributed by atoms with Crippen LogP contribution in [0.5, 0.6) is 0 Å². The van der Waals surface area contributed by atoms with Gasteiger partial charge in [-0.3, -0.25) is 14.7 Å². The molecule has 0 aliphatic rings. The fraction of sp³-hybridized carbons (Fsp3) is 0.273. The van der Waals surface area contributed by atoms with E-state index >= 15 is 0 Å². The molecule has 8 heteroatoms. The van der Waals surface area contributed by atoms with Crippen molar-refractivity contribution >= 4 is 34.1 Å². The van der Waals surface area contributed by atoms with Crippen LogP contribution >= 0.6 is 11.3 Å². The molecule has 0 spiro atoms. The second-order valence-electron chi connectivity index (χ2n) is 4.00. The van der Waals surface area contributed by atoms with Crippen LogP contribution in [-0.4, -0.2) is 27.0 Å². The SMILES string of the molecule is CC(=O)Nc1nc(C(=O)Nc2n[nH]c(C)c2C)cs1. The second kappa shape index (κ2) is 5.19. The molecule has 0 saturated carbocycles. The number of aryl methyl sites for hydroxylation is 1. The highest BCUT2D eigenvalue weighted by Gasteiger charge is 2.14. The van der Waals surface area contributed by atoms with Crippen molar-refractivity contribution < 1.29 is 9.59 Å². The zero-order valence-corrected chi connectivity index (χ0v) is 11.5. The van der Waals surface area contributed by atoms with E-state index in [1.165, 1.54) is 18.3 Å². The summed E-state index contributed by atoms with van der Waals surface area (Å²) in [6.07, 6.45) is 0. The highest BCUT2D eigenvalue weighted by Crippen LogP contribution is 2.18. The van der Waals surface area contributed by atoms with Crippen molar-refractivity contribution in [2.24, 2.45) is 0 Å². The standard InChI is InChI=1S/C11H13N5O2S/c1-5-6(2)15-16-9(5)14-10(18)8-4-19-11(13-8)12-7(3)17/h4H,1-3H3,(H,12,13,17)(H2,14,15,16,18). The number of H-pyrrole nitrogens is 1. The lowest BCUT2D eigenvalue weighted by molar-refractivity contribution is -0.114. The molecule has 0 radical (unpaired) electrons. The van der Waals surface area contributed by atoms with Crippen LogP contribution in [-0.2, 0) is 4.79 Å². The summed E-state index contributed by atoms with van der Waals surface area (Å²) in [6, 6.07) is 0. The van der Waals surface area contributed by atoms with Gasteiger partial charge < -0.3 is 10.6 Å². The molecule has 0 bridgehead atoms. The molecule has 0 fully saturated rings. The average molecular weight is 279 g/mol. The molecule has 2 aromatic rings. The molecule has 2 rings (SSSR count). The minimum absolute atomic E-state index is 0.222. The Labute approximate surface area is 113 Å². The van der Waals surface area contributed by atoms with Crippen LogP contribution in [0.3, 0.4) is 0 Å². The number of carbonyl (C=O) groups excluding carboxylic acids is 2. The first kappa shape index (κ1) is 13.2. The molecule has 100 valence electrons. The molecule has 0 unspecified atom stereocenters. The zero-order chi connectivity index (χ0) is 14.0. The highest BCUT2D eigenvalue weighted by molar-refractivity contribution is 7.14. The molecule has 0 saturated heterocycles. The Balaban J connectivity index is 2.10. The van der Waals surface area contributed by atoms with Gasteiger partial charge in [-0.25, -0.2) is 4.98 Å². The van der Waals surface area contributed by atoms with E-state index in [2.05, 4.69) is 25.8 Å². The number of nitrogens with zero attached hydrogens (tertiary/aromatic N) is 2. The molecule has 2 aromatic heterocycles. The number of hydrogen-bond acceptors (Lipinski definition) is 5. The number of thiazole rings is 1. The van der Waals surface area contributed by atoms with E-state index in [1.54, 1.807) is 5.38 Å². The van der Waals surface area contributed by atoms with Gasteiger partial charge in [-0.2, -0.15) is 5.10 Å². The number of hydrogen-bond donors (Lipinski definition) is 3. The lowest BCUT2D eigenvalue weighted by Crippen LogP contribution is -2.14. The third-order valence-electron chi connectivity index (χ3n) is 2.50. The normalized spacial score (nSPS) is 10.3. The van der Waals surface area contributed by atoms with E-state index in [0.717, 1.165) is 11.3 Å². The summed E-state index contributed by atoms with van der Waals surface area (Å²) in [7, 11) is 0. The van der Waals surface area contributed by atoms with Crippen molar-refractivity contribution in [3.63, 3.8) is 0 Å². The summed E-state index contributed by atoms with van der Waals surface area (Å²) in [5, 5.41) is 13.9. The molecule has 19 heavy (non-hydrogen) atoms. The van der Waals surface area contributed by atoms with E-state index < -0.39 is 0 Å². The van der Waals surface area contributed by atoms with Crippen molar-refractivity contribution in [2.45, 2.75) is 20.8 Å². The summed E-state index contributed by atoms with van der Waals surface area (Å²) < 4.78 is 0. The Morgan fingerprint density at radius 1 is 1.32 bits per heavy atom. The van der Waals surface area contributed by atoms with Gasteiger partial charge in [0.2, 0.25) is 5.91 Å². The van der Waals surface area contributed by atoms with Crippen molar-refractivity contribution in [3.05, 3.63) is 22.3 Å². The van der Waals surface area contributed by atoms with Gasteiger partial charge in [-0.15, -0.1) is 11.3 Å². The van der Waals surface area contributed by atoms with Gasteiger partial charge in [0.15, 0.2) is 10.9 Å². The quantitative estimate of drug-likeness (QED) is 0.796. The minimum atomic E-state index is -0.359. The molecule has 2 amide bonds. The van der Waals surface area contributed by atoms with Crippen molar-refractivity contribution in [1.82, 2.24) is 15.2 Å². The molecular formula is C11H13N5O2S. The number of aromatic amines is 1. The summed E-state index contributed by atoms with van der Waals surface area (Å²) in [5.74, 6) is -0.0980. The van der Waals surface area contributed by atoms with E-state index in [1.807, 2.05) is 13.8 Å². The smallest absolute Gasteiger partial charge is 0.276 e. The third-order valence-corrected chi connectivity index (χ3v) is 3.26. The zero-order valence-electron chi connectivity index (χ0n) is 10.7. The minimum Gasteiger partial charge on any atom is -0.303 e. The fourth-order valence-electron chi connectivity index (χ4n) is 1.36. The van der Waals surface area contributed by atoms with Crippen LogP contribution in [0.4, 0.5) is 10.9 Å². The Kier molecular flexibility index (Phi) is 3.61. The molecule has 3 N–H and O–H groups in total. The first-order valence-corrected chi connectivity index (χ1v) is 6.41. The Morgan fingerprint density at radius 3 is 2.63 bits per heavy atom. The predicted molar refractivity (Wildman–Crippen MR) is 72.4 cm³/mol.